The number of fused-ring (bicyclic) bond motifs is 2. The van der Waals surface area contributed by atoms with E-state index in [-0.39, 0.29) is 17.9 Å². The van der Waals surface area contributed by atoms with E-state index in [1.807, 2.05) is 0 Å². The summed E-state index contributed by atoms with van der Waals surface area (Å²) in [5.74, 6) is 0.900. The second-order valence-electron chi connectivity index (χ2n) is 7.39. The van der Waals surface area contributed by atoms with Gasteiger partial charge < -0.3 is 15.3 Å². The van der Waals surface area contributed by atoms with Crippen molar-refractivity contribution in [1.29, 1.82) is 0 Å². The molecule has 4 nitrogen and oxygen atoms in total. The molecule has 0 radical (unpaired) electrons. The van der Waals surface area contributed by atoms with E-state index in [2.05, 4.69) is 25.3 Å². The van der Waals surface area contributed by atoms with Gasteiger partial charge in [-0.2, -0.15) is 0 Å². The molecule has 0 spiro atoms. The Morgan fingerprint density at radius 1 is 1.36 bits per heavy atom. The molecule has 4 heteroatoms. The predicted octanol–water partition coefficient (Wildman–Crippen LogP) is 2.16. The number of piperidine rings is 1. The fourth-order valence-electron chi connectivity index (χ4n) is 4.27. The first-order valence-electron chi connectivity index (χ1n) is 8.31. The molecular formula is C18H27NO3. The highest BCUT2D eigenvalue weighted by Gasteiger charge is 2.42. The van der Waals surface area contributed by atoms with Gasteiger partial charge >= 0.3 is 0 Å². The molecule has 3 aliphatic rings. The molecule has 0 amide bonds. The number of nitrogens with zero attached hydrogens (tertiary/aromatic N) is 1. The van der Waals surface area contributed by atoms with Crippen molar-refractivity contribution in [3.63, 3.8) is 0 Å². The minimum absolute atomic E-state index is 0.00811. The summed E-state index contributed by atoms with van der Waals surface area (Å²) in [4.78, 5) is 2.42. The van der Waals surface area contributed by atoms with Crippen LogP contribution in [0.1, 0.15) is 33.1 Å². The maximum atomic E-state index is 10.5. The van der Waals surface area contributed by atoms with Crippen LogP contribution in [-0.2, 0) is 0 Å². The smallest absolute Gasteiger partial charge is 0.136 e. The van der Waals surface area contributed by atoms with Gasteiger partial charge in [0, 0.05) is 19.1 Å². The van der Waals surface area contributed by atoms with E-state index < -0.39 is 6.10 Å². The number of aliphatic hydroxyl groups is 3. The maximum absolute atomic E-state index is 10.5. The third kappa shape index (κ3) is 2.64. The molecule has 2 heterocycles. The van der Waals surface area contributed by atoms with Crippen molar-refractivity contribution in [2.45, 2.75) is 51.4 Å². The maximum Gasteiger partial charge on any atom is 0.136 e. The monoisotopic (exact) mass is 305 g/mol. The van der Waals surface area contributed by atoms with Crippen LogP contribution in [-0.4, -0.2) is 51.6 Å². The van der Waals surface area contributed by atoms with E-state index in [1.165, 1.54) is 0 Å². The Morgan fingerprint density at radius 3 is 2.77 bits per heavy atom. The molecule has 0 aromatic rings. The topological polar surface area (TPSA) is 63.9 Å². The van der Waals surface area contributed by atoms with Crippen LogP contribution < -0.4 is 0 Å². The summed E-state index contributed by atoms with van der Waals surface area (Å²) < 4.78 is 0. The lowest BCUT2D eigenvalue weighted by atomic mass is 9.75. The minimum atomic E-state index is -0.996. The van der Waals surface area contributed by atoms with Gasteiger partial charge in [-0.1, -0.05) is 20.4 Å². The Morgan fingerprint density at radius 2 is 2.09 bits per heavy atom. The number of hydrogen-bond donors (Lipinski definition) is 3. The molecule has 4 atom stereocenters. The Bertz CT molecular complexity index is 534. The van der Waals surface area contributed by atoms with Crippen molar-refractivity contribution >= 4 is 0 Å². The summed E-state index contributed by atoms with van der Waals surface area (Å²) >= 11 is 0. The molecule has 0 aromatic carbocycles. The normalized spacial score (nSPS) is 36.2. The molecule has 122 valence electrons. The summed E-state index contributed by atoms with van der Waals surface area (Å²) in [7, 11) is 0. The van der Waals surface area contributed by atoms with Crippen LogP contribution in [0.3, 0.4) is 0 Å². The summed E-state index contributed by atoms with van der Waals surface area (Å²) in [5, 5.41) is 30.5. The van der Waals surface area contributed by atoms with Crippen molar-refractivity contribution in [1.82, 2.24) is 4.90 Å². The molecule has 2 aliphatic heterocycles. The number of allylic oxidation sites excluding steroid dienone is 1. The Labute approximate surface area is 132 Å². The van der Waals surface area contributed by atoms with Gasteiger partial charge in [0.2, 0.25) is 0 Å². The average molecular weight is 305 g/mol. The second kappa shape index (κ2) is 5.84. The molecule has 0 bridgehead atoms. The quantitative estimate of drug-likeness (QED) is 0.731. The zero-order chi connectivity index (χ0) is 16.0. The van der Waals surface area contributed by atoms with Crippen LogP contribution in [0, 0.1) is 11.8 Å². The average Bonchev–Trinajstić information content (AvgIpc) is 2.45. The van der Waals surface area contributed by atoms with Gasteiger partial charge in [0.05, 0.1) is 6.10 Å². The summed E-state index contributed by atoms with van der Waals surface area (Å²) in [6.45, 7) is 10.2. The molecule has 1 aliphatic carbocycles. The van der Waals surface area contributed by atoms with E-state index in [0.29, 0.717) is 23.8 Å². The van der Waals surface area contributed by atoms with Gasteiger partial charge in [0.1, 0.15) is 11.9 Å². The van der Waals surface area contributed by atoms with Crippen LogP contribution in [0.25, 0.3) is 0 Å². The van der Waals surface area contributed by atoms with Gasteiger partial charge in [-0.05, 0) is 53.9 Å². The van der Waals surface area contributed by atoms with Crippen molar-refractivity contribution < 1.29 is 15.3 Å². The summed E-state index contributed by atoms with van der Waals surface area (Å²) in [5.41, 5.74) is 2.71. The third-order valence-corrected chi connectivity index (χ3v) is 5.32. The molecule has 1 saturated heterocycles. The van der Waals surface area contributed by atoms with E-state index in [9.17, 15) is 15.3 Å². The van der Waals surface area contributed by atoms with Crippen LogP contribution in [0.5, 0.6) is 0 Å². The fraction of sp³-hybridized carbons (Fsp3) is 0.667. The standard InChI is InChI=1S/C18H27NO3/c1-10(2)6-13-9-19-5-4-12-7-16(21)18(22)11(3)17(12)14(19)8-15(13)20/h7,10,13-15,18,20-22H,3-6,8-9H2,1-2H3. The zero-order valence-electron chi connectivity index (χ0n) is 13.5. The van der Waals surface area contributed by atoms with Gasteiger partial charge in [-0.3, -0.25) is 4.90 Å². The lowest BCUT2D eigenvalue weighted by Crippen LogP contribution is -2.53. The number of hydrogen-bond acceptors (Lipinski definition) is 4. The third-order valence-electron chi connectivity index (χ3n) is 5.32. The van der Waals surface area contributed by atoms with E-state index >= 15 is 0 Å². The van der Waals surface area contributed by atoms with Crippen LogP contribution in [0.15, 0.2) is 35.1 Å². The first-order valence-corrected chi connectivity index (χ1v) is 8.31. The SMILES string of the molecule is C=C1C2=C(C=C(O)C1O)CCN1CC(CC(C)C)C(O)CC21. The van der Waals surface area contributed by atoms with E-state index in [4.69, 9.17) is 0 Å². The second-order valence-corrected chi connectivity index (χ2v) is 7.39. The Balaban J connectivity index is 1.86. The van der Waals surface area contributed by atoms with Crippen molar-refractivity contribution in [3.8, 4) is 0 Å². The van der Waals surface area contributed by atoms with E-state index in [1.54, 1.807) is 6.08 Å². The molecule has 3 N–H and O–H groups in total. The lowest BCUT2D eigenvalue weighted by molar-refractivity contribution is -0.00790. The van der Waals surface area contributed by atoms with Gasteiger partial charge in [0.25, 0.3) is 0 Å². The highest BCUT2D eigenvalue weighted by molar-refractivity contribution is 5.52. The largest absolute Gasteiger partial charge is 0.509 e. The van der Waals surface area contributed by atoms with E-state index in [0.717, 1.165) is 37.1 Å². The van der Waals surface area contributed by atoms with Gasteiger partial charge in [-0.25, -0.2) is 0 Å². The summed E-state index contributed by atoms with van der Waals surface area (Å²) in [6.07, 6.45) is 2.99. The molecular weight excluding hydrogens is 278 g/mol. The van der Waals surface area contributed by atoms with Crippen LogP contribution in [0.2, 0.25) is 0 Å². The van der Waals surface area contributed by atoms with Crippen molar-refractivity contribution in [3.05, 3.63) is 35.1 Å². The first kappa shape index (κ1) is 15.8. The molecule has 3 rings (SSSR count). The fourth-order valence-corrected chi connectivity index (χ4v) is 4.27. The molecule has 1 fully saturated rings. The van der Waals surface area contributed by atoms with Gasteiger partial charge in [0.15, 0.2) is 0 Å². The molecule has 0 saturated carbocycles. The Kier molecular flexibility index (Phi) is 4.19. The highest BCUT2D eigenvalue weighted by Crippen LogP contribution is 2.41. The zero-order valence-corrected chi connectivity index (χ0v) is 13.5. The Hall–Kier alpha value is -1.10. The van der Waals surface area contributed by atoms with Crippen LogP contribution in [0.4, 0.5) is 0 Å². The molecule has 4 unspecified atom stereocenters. The minimum Gasteiger partial charge on any atom is -0.509 e. The number of rotatable bonds is 2. The predicted molar refractivity (Wildman–Crippen MR) is 86.4 cm³/mol. The summed E-state index contributed by atoms with van der Waals surface area (Å²) in [6, 6.07) is 0.119. The molecule has 22 heavy (non-hydrogen) atoms. The van der Waals surface area contributed by atoms with Crippen LogP contribution >= 0.6 is 0 Å². The highest BCUT2D eigenvalue weighted by atomic mass is 16.3. The molecule has 0 aromatic heterocycles. The number of aliphatic hydroxyl groups excluding tert-OH is 3. The first-order chi connectivity index (χ1) is 10.4. The lowest BCUT2D eigenvalue weighted by Gasteiger charge is -2.48. The van der Waals surface area contributed by atoms with Crippen molar-refractivity contribution in [2.24, 2.45) is 11.8 Å². The van der Waals surface area contributed by atoms with Crippen molar-refractivity contribution in [2.75, 3.05) is 13.1 Å². The van der Waals surface area contributed by atoms with Gasteiger partial charge in [-0.15, -0.1) is 0 Å².